The molecule has 4 heterocycles. The molecule has 1 aliphatic heterocycles. The van der Waals surface area contributed by atoms with Gasteiger partial charge in [-0.05, 0) is 43.0 Å². The van der Waals surface area contributed by atoms with Gasteiger partial charge in [0.05, 0.1) is 18.4 Å². The number of pyridine rings is 1. The van der Waals surface area contributed by atoms with E-state index in [1.165, 1.54) is 10.6 Å². The molecule has 6 nitrogen and oxygen atoms in total. The fourth-order valence-corrected chi connectivity index (χ4v) is 4.53. The summed E-state index contributed by atoms with van der Waals surface area (Å²) in [5.74, 6) is -0.317. The first-order valence-corrected chi connectivity index (χ1v) is 10.2. The molecule has 1 atom stereocenters. The highest BCUT2D eigenvalue weighted by Crippen LogP contribution is 2.27. The minimum Gasteiger partial charge on any atom is -0.329 e. The number of alkyl halides is 3. The van der Waals surface area contributed by atoms with E-state index in [1.54, 1.807) is 39.5 Å². The second-order valence-corrected chi connectivity index (χ2v) is 8.43. The first-order valence-electron chi connectivity index (χ1n) is 9.31. The van der Waals surface area contributed by atoms with Crippen molar-refractivity contribution in [2.45, 2.75) is 45.6 Å². The normalized spacial score (nSPS) is 16.8. The maximum atomic E-state index is 13.0. The second kappa shape index (κ2) is 7.42. The maximum absolute atomic E-state index is 13.0. The Kier molecular flexibility index (Phi) is 5.05. The summed E-state index contributed by atoms with van der Waals surface area (Å²) in [6.07, 6.45) is -1.95. The first-order chi connectivity index (χ1) is 14.1. The van der Waals surface area contributed by atoms with Gasteiger partial charge in [0.2, 0.25) is 0 Å². The van der Waals surface area contributed by atoms with Crippen LogP contribution in [0.1, 0.15) is 33.5 Å². The summed E-state index contributed by atoms with van der Waals surface area (Å²) >= 11 is 1.04. The van der Waals surface area contributed by atoms with E-state index in [9.17, 15) is 22.8 Å². The van der Waals surface area contributed by atoms with Crippen LogP contribution in [0.2, 0.25) is 0 Å². The molecule has 0 aromatic carbocycles. The number of imidazole rings is 1. The molecule has 158 valence electrons. The molecule has 0 bridgehead atoms. The van der Waals surface area contributed by atoms with E-state index < -0.39 is 12.6 Å². The highest BCUT2D eigenvalue weighted by Gasteiger charge is 2.32. The molecule has 3 aromatic heterocycles. The van der Waals surface area contributed by atoms with E-state index in [1.807, 2.05) is 13.8 Å². The van der Waals surface area contributed by atoms with E-state index in [0.29, 0.717) is 17.8 Å². The van der Waals surface area contributed by atoms with Crippen LogP contribution in [0.25, 0.3) is 5.69 Å². The molecule has 0 spiro atoms. The average molecular weight is 436 g/mol. The lowest BCUT2D eigenvalue weighted by atomic mass is 10.1. The van der Waals surface area contributed by atoms with Crippen LogP contribution in [0.3, 0.4) is 0 Å². The maximum Gasteiger partial charge on any atom is 0.393 e. The third-order valence-corrected chi connectivity index (χ3v) is 6.02. The van der Waals surface area contributed by atoms with Crippen LogP contribution < -0.4 is 5.56 Å². The Hall–Kier alpha value is -2.88. The monoisotopic (exact) mass is 436 g/mol. The number of rotatable bonds is 4. The lowest BCUT2D eigenvalue weighted by Crippen LogP contribution is -2.49. The largest absolute Gasteiger partial charge is 0.393 e. The number of fused-ring (bicyclic) bond motifs is 1. The van der Waals surface area contributed by atoms with Crippen LogP contribution in [-0.4, -0.2) is 37.1 Å². The summed E-state index contributed by atoms with van der Waals surface area (Å²) < 4.78 is 40.9. The van der Waals surface area contributed by atoms with E-state index in [2.05, 4.69) is 4.98 Å². The van der Waals surface area contributed by atoms with Crippen LogP contribution in [0, 0.1) is 6.92 Å². The molecule has 0 unspecified atom stereocenters. The molecule has 0 saturated heterocycles. The summed E-state index contributed by atoms with van der Waals surface area (Å²) in [7, 11) is 0. The Morgan fingerprint density at radius 1 is 1.27 bits per heavy atom. The Labute approximate surface area is 174 Å². The Bertz CT molecular complexity index is 1160. The Morgan fingerprint density at radius 2 is 2.03 bits per heavy atom. The van der Waals surface area contributed by atoms with Crippen molar-refractivity contribution < 1.29 is 18.0 Å². The Morgan fingerprint density at radius 3 is 2.70 bits per heavy atom. The van der Waals surface area contributed by atoms with Crippen molar-refractivity contribution >= 4 is 17.2 Å². The number of aryl methyl sites for hydroxylation is 1. The molecule has 1 amide bonds. The van der Waals surface area contributed by atoms with E-state index in [4.69, 9.17) is 0 Å². The summed E-state index contributed by atoms with van der Waals surface area (Å²) in [6.45, 7) is 4.15. The van der Waals surface area contributed by atoms with Gasteiger partial charge in [-0.15, -0.1) is 11.3 Å². The number of aromatic nitrogens is 3. The number of carbonyl (C=O) groups is 1. The van der Waals surface area contributed by atoms with Gasteiger partial charge in [0.15, 0.2) is 0 Å². The third kappa shape index (κ3) is 3.91. The zero-order valence-electron chi connectivity index (χ0n) is 16.3. The van der Waals surface area contributed by atoms with Gasteiger partial charge in [-0.25, -0.2) is 4.98 Å². The van der Waals surface area contributed by atoms with Crippen LogP contribution >= 0.6 is 11.3 Å². The number of thiophene rings is 1. The highest BCUT2D eigenvalue weighted by atomic mass is 32.1. The fourth-order valence-electron chi connectivity index (χ4n) is 3.62. The summed E-state index contributed by atoms with van der Waals surface area (Å²) in [4.78, 5) is 31.9. The molecule has 0 fully saturated rings. The second-order valence-electron chi connectivity index (χ2n) is 7.44. The molecule has 0 N–H and O–H groups in total. The van der Waals surface area contributed by atoms with Crippen molar-refractivity contribution in [3.63, 3.8) is 0 Å². The number of hydrogen-bond acceptors (Lipinski definition) is 4. The van der Waals surface area contributed by atoms with Gasteiger partial charge < -0.3 is 14.0 Å². The number of halogens is 3. The molecule has 3 aromatic rings. The minimum atomic E-state index is -4.26. The van der Waals surface area contributed by atoms with E-state index in [-0.39, 0.29) is 34.6 Å². The smallest absolute Gasteiger partial charge is 0.329 e. The van der Waals surface area contributed by atoms with Gasteiger partial charge >= 0.3 is 6.18 Å². The van der Waals surface area contributed by atoms with Crippen molar-refractivity contribution in [1.29, 1.82) is 0 Å². The zero-order valence-corrected chi connectivity index (χ0v) is 17.1. The van der Waals surface area contributed by atoms with Gasteiger partial charge in [-0.2, -0.15) is 13.2 Å². The minimum absolute atomic E-state index is 0.199. The molecule has 4 rings (SSSR count). The molecular formula is C20H19F3N4O2S. The van der Waals surface area contributed by atoms with Gasteiger partial charge in [-0.1, -0.05) is 0 Å². The summed E-state index contributed by atoms with van der Waals surface area (Å²) in [6, 6.07) is 4.40. The van der Waals surface area contributed by atoms with Crippen LogP contribution in [-0.2, 0) is 19.5 Å². The topological polar surface area (TPSA) is 60.1 Å². The summed E-state index contributed by atoms with van der Waals surface area (Å²) in [5, 5.41) is 1.65. The molecule has 0 aliphatic carbocycles. The van der Waals surface area contributed by atoms with Crippen LogP contribution in [0.5, 0.6) is 0 Å². The van der Waals surface area contributed by atoms with Crippen molar-refractivity contribution in [2.75, 3.05) is 0 Å². The molecule has 0 radical (unpaired) electrons. The standard InChI is InChI=1S/C20H19F3N4O2S/c1-12-7-25(11-24-12)16-3-4-17-19(29)26(13(2)8-27(17)18(16)28)9-14-5-15(30-10-14)6-20(21,22)23/h3-5,7,10-11,13H,6,8-9H2,1-2H3/t13-/m1/s1. The van der Waals surface area contributed by atoms with Crippen LogP contribution in [0.4, 0.5) is 13.2 Å². The molecular weight excluding hydrogens is 417 g/mol. The summed E-state index contributed by atoms with van der Waals surface area (Å²) in [5.41, 5.74) is 1.81. The fraction of sp³-hybridized carbons (Fsp3) is 0.350. The van der Waals surface area contributed by atoms with Crippen molar-refractivity contribution in [2.24, 2.45) is 0 Å². The molecule has 0 saturated carbocycles. The highest BCUT2D eigenvalue weighted by molar-refractivity contribution is 7.10. The lowest BCUT2D eigenvalue weighted by molar-refractivity contribution is -0.126. The third-order valence-electron chi connectivity index (χ3n) is 5.04. The van der Waals surface area contributed by atoms with E-state index >= 15 is 0 Å². The SMILES string of the molecule is Cc1cn(-c2ccc3n(c2=O)C[C@@H](C)N(Cc2csc(CC(F)(F)F)c2)C3=O)cn1. The number of hydrogen-bond donors (Lipinski definition) is 0. The van der Waals surface area contributed by atoms with Gasteiger partial charge in [0.25, 0.3) is 11.5 Å². The number of amides is 1. The number of nitrogens with zero attached hydrogens (tertiary/aromatic N) is 4. The van der Waals surface area contributed by atoms with Gasteiger partial charge in [0.1, 0.15) is 11.4 Å². The van der Waals surface area contributed by atoms with Gasteiger partial charge in [-0.3, -0.25) is 9.59 Å². The lowest BCUT2D eigenvalue weighted by Gasteiger charge is -2.35. The molecule has 1 aliphatic rings. The first kappa shape index (κ1) is 20.4. The van der Waals surface area contributed by atoms with Crippen molar-refractivity contribution in [3.8, 4) is 5.69 Å². The Balaban J connectivity index is 1.60. The van der Waals surface area contributed by atoms with Crippen molar-refractivity contribution in [3.05, 3.63) is 68.3 Å². The predicted molar refractivity (Wildman–Crippen MR) is 106 cm³/mol. The predicted octanol–water partition coefficient (Wildman–Crippen LogP) is 3.55. The molecule has 30 heavy (non-hydrogen) atoms. The van der Waals surface area contributed by atoms with Crippen LogP contribution in [0.15, 0.2) is 40.9 Å². The van der Waals surface area contributed by atoms with E-state index in [0.717, 1.165) is 17.0 Å². The van der Waals surface area contributed by atoms with Gasteiger partial charge in [0, 0.05) is 30.2 Å². The zero-order chi connectivity index (χ0) is 21.6. The quantitative estimate of drug-likeness (QED) is 0.629. The number of carbonyl (C=O) groups excluding carboxylic acids is 1. The van der Waals surface area contributed by atoms with Crippen molar-refractivity contribution in [1.82, 2.24) is 19.0 Å². The molecule has 10 heteroatoms. The average Bonchev–Trinajstić information content (AvgIpc) is 3.27.